The Bertz CT molecular complexity index is 1090. The molecule has 2 aromatic rings. The van der Waals surface area contributed by atoms with Crippen LogP contribution in [0.3, 0.4) is 0 Å². The molecule has 1 aromatic carbocycles. The molecule has 6 heteroatoms. The van der Waals surface area contributed by atoms with E-state index in [1.807, 2.05) is 30.3 Å². The maximum absolute atomic E-state index is 10.1. The van der Waals surface area contributed by atoms with Crippen molar-refractivity contribution < 1.29 is 0 Å². The number of nitriles is 3. The fourth-order valence-corrected chi connectivity index (χ4v) is 4.77. The number of nitrogens with one attached hydrogen (secondary N) is 1. The topological polar surface area (TPSA) is 111 Å². The molecule has 2 heterocycles. The summed E-state index contributed by atoms with van der Waals surface area (Å²) in [5.74, 6) is -1.62. The molecule has 0 amide bonds. The summed E-state index contributed by atoms with van der Waals surface area (Å²) < 4.78 is 0. The lowest BCUT2D eigenvalue weighted by molar-refractivity contribution is 0.198. The van der Waals surface area contributed by atoms with Crippen LogP contribution in [0.5, 0.6) is 0 Å². The van der Waals surface area contributed by atoms with Gasteiger partial charge in [0.15, 0.2) is 5.41 Å². The van der Waals surface area contributed by atoms with E-state index in [1.165, 1.54) is 5.56 Å². The number of pyridine rings is 1. The summed E-state index contributed by atoms with van der Waals surface area (Å²) in [6.45, 7) is 2.01. The number of hydrogen-bond donors (Lipinski definition) is 1. The normalized spacial score (nSPS) is 25.2. The number of benzene rings is 1. The zero-order valence-electron chi connectivity index (χ0n) is 16.4. The molecule has 1 aromatic heterocycles. The van der Waals surface area contributed by atoms with Gasteiger partial charge in [0.05, 0.1) is 23.9 Å². The molecule has 1 unspecified atom stereocenters. The molecule has 1 fully saturated rings. The van der Waals surface area contributed by atoms with E-state index in [2.05, 4.69) is 40.2 Å². The second kappa shape index (κ2) is 7.91. The van der Waals surface area contributed by atoms with Gasteiger partial charge in [0.1, 0.15) is 5.92 Å². The highest BCUT2D eigenvalue weighted by molar-refractivity contribution is 6.00. The van der Waals surface area contributed by atoms with Crippen LogP contribution in [0.2, 0.25) is 0 Å². The third-order valence-corrected chi connectivity index (χ3v) is 6.16. The van der Waals surface area contributed by atoms with Crippen molar-refractivity contribution in [2.45, 2.75) is 12.5 Å². The van der Waals surface area contributed by atoms with Crippen LogP contribution >= 0.6 is 0 Å². The van der Waals surface area contributed by atoms with Gasteiger partial charge in [0.25, 0.3) is 0 Å². The van der Waals surface area contributed by atoms with Gasteiger partial charge in [-0.15, -0.1) is 0 Å². The molecule has 0 spiro atoms. The van der Waals surface area contributed by atoms with Crippen LogP contribution in [0, 0.1) is 56.7 Å². The standard InChI is InChI=1S/C24H20N6/c25-11-20-19-8-10-30(13-17-5-2-1-3-6-17)14-21(19)22(18-7-4-9-29-12-18)24(15-26,16-27)23(20)28/h1-9,12,20-22,28H,10,13-14H2/t20?,21-,22-/m0/s1. The van der Waals surface area contributed by atoms with Gasteiger partial charge in [0.2, 0.25) is 0 Å². The fraction of sp³-hybridized carbons (Fsp3) is 0.292. The third kappa shape index (κ3) is 3.07. The fourth-order valence-electron chi connectivity index (χ4n) is 4.77. The molecule has 1 aliphatic carbocycles. The van der Waals surface area contributed by atoms with E-state index >= 15 is 0 Å². The van der Waals surface area contributed by atoms with Crippen LogP contribution in [0.15, 0.2) is 66.5 Å². The zero-order chi connectivity index (χ0) is 21.1. The maximum atomic E-state index is 10.1. The van der Waals surface area contributed by atoms with E-state index in [1.54, 1.807) is 18.5 Å². The van der Waals surface area contributed by atoms with E-state index in [0.29, 0.717) is 13.1 Å². The van der Waals surface area contributed by atoms with Crippen molar-refractivity contribution in [3.05, 3.63) is 77.6 Å². The van der Waals surface area contributed by atoms with E-state index in [9.17, 15) is 15.8 Å². The van der Waals surface area contributed by atoms with Crippen molar-refractivity contribution in [2.75, 3.05) is 13.1 Å². The first-order chi connectivity index (χ1) is 14.6. The first-order valence-corrected chi connectivity index (χ1v) is 9.81. The van der Waals surface area contributed by atoms with Crippen molar-refractivity contribution in [2.24, 2.45) is 17.3 Å². The number of fused-ring (bicyclic) bond motifs is 1. The number of nitrogens with zero attached hydrogens (tertiary/aromatic N) is 5. The Labute approximate surface area is 175 Å². The molecule has 4 rings (SSSR count). The second-order valence-electron chi connectivity index (χ2n) is 7.76. The first-order valence-electron chi connectivity index (χ1n) is 9.81. The largest absolute Gasteiger partial charge is 0.305 e. The monoisotopic (exact) mass is 392 g/mol. The van der Waals surface area contributed by atoms with E-state index in [0.717, 1.165) is 17.7 Å². The second-order valence-corrected chi connectivity index (χ2v) is 7.76. The molecular weight excluding hydrogens is 372 g/mol. The predicted molar refractivity (Wildman–Crippen MR) is 111 cm³/mol. The molecular formula is C24H20N6. The highest BCUT2D eigenvalue weighted by Crippen LogP contribution is 2.53. The van der Waals surface area contributed by atoms with Crippen LogP contribution in [0.4, 0.5) is 0 Å². The Morgan fingerprint density at radius 2 is 1.87 bits per heavy atom. The lowest BCUT2D eigenvalue weighted by Gasteiger charge is -2.47. The maximum Gasteiger partial charge on any atom is 0.189 e. The molecule has 30 heavy (non-hydrogen) atoms. The lowest BCUT2D eigenvalue weighted by atomic mass is 9.54. The first kappa shape index (κ1) is 19.5. The highest BCUT2D eigenvalue weighted by Gasteiger charge is 2.57. The molecule has 0 bridgehead atoms. The molecule has 0 radical (unpaired) electrons. The lowest BCUT2D eigenvalue weighted by Crippen LogP contribution is -2.52. The number of hydrogen-bond acceptors (Lipinski definition) is 6. The van der Waals surface area contributed by atoms with Crippen LogP contribution < -0.4 is 0 Å². The van der Waals surface area contributed by atoms with Crippen molar-refractivity contribution in [3.8, 4) is 18.2 Å². The molecule has 3 atom stereocenters. The van der Waals surface area contributed by atoms with Gasteiger partial charge in [-0.2, -0.15) is 15.8 Å². The van der Waals surface area contributed by atoms with Gasteiger partial charge in [-0.1, -0.05) is 42.5 Å². The van der Waals surface area contributed by atoms with Crippen molar-refractivity contribution in [1.82, 2.24) is 9.88 Å². The molecule has 6 nitrogen and oxygen atoms in total. The Morgan fingerprint density at radius 1 is 1.10 bits per heavy atom. The summed E-state index contributed by atoms with van der Waals surface area (Å²) in [5.41, 5.74) is 0.963. The minimum atomic E-state index is -1.69. The average Bonchev–Trinajstić information content (AvgIpc) is 2.80. The minimum absolute atomic E-state index is 0.122. The van der Waals surface area contributed by atoms with E-state index in [4.69, 9.17) is 5.41 Å². The molecule has 1 saturated carbocycles. The van der Waals surface area contributed by atoms with Crippen molar-refractivity contribution in [1.29, 1.82) is 21.2 Å². The van der Waals surface area contributed by atoms with Crippen LogP contribution in [-0.2, 0) is 6.54 Å². The van der Waals surface area contributed by atoms with Crippen molar-refractivity contribution in [3.63, 3.8) is 0 Å². The summed E-state index contributed by atoms with van der Waals surface area (Å²) in [6.07, 6.45) is 5.33. The minimum Gasteiger partial charge on any atom is -0.305 e. The summed E-state index contributed by atoms with van der Waals surface area (Å²) in [5, 5.41) is 38.6. The van der Waals surface area contributed by atoms with Gasteiger partial charge in [-0.05, 0) is 22.8 Å². The molecule has 1 N–H and O–H groups in total. The van der Waals surface area contributed by atoms with Crippen LogP contribution in [0.1, 0.15) is 17.0 Å². The molecule has 2 aliphatic rings. The average molecular weight is 392 g/mol. The van der Waals surface area contributed by atoms with E-state index < -0.39 is 17.3 Å². The SMILES string of the molecule is N#CC1C(=N)C(C#N)(C#N)[C@@H](c2cccnc2)[C@H]2CN(Cc3ccccc3)CC=C12. The summed E-state index contributed by atoms with van der Waals surface area (Å²) in [7, 11) is 0. The van der Waals surface area contributed by atoms with Gasteiger partial charge in [0, 0.05) is 43.9 Å². The molecule has 1 aliphatic heterocycles. The third-order valence-electron chi connectivity index (χ3n) is 6.16. The van der Waals surface area contributed by atoms with Gasteiger partial charge in [-0.25, -0.2) is 0 Å². The number of rotatable bonds is 3. The quantitative estimate of drug-likeness (QED) is 0.804. The Balaban J connectivity index is 1.80. The zero-order valence-corrected chi connectivity index (χ0v) is 16.4. The molecule has 0 saturated heterocycles. The van der Waals surface area contributed by atoms with Gasteiger partial charge in [-0.3, -0.25) is 9.88 Å². The number of aromatic nitrogens is 1. The Hall–Kier alpha value is -3.79. The summed E-state index contributed by atoms with van der Waals surface area (Å²) >= 11 is 0. The Morgan fingerprint density at radius 3 is 2.50 bits per heavy atom. The van der Waals surface area contributed by atoms with Crippen LogP contribution in [0.25, 0.3) is 0 Å². The summed E-state index contributed by atoms with van der Waals surface area (Å²) in [6, 6.07) is 20.2. The predicted octanol–water partition coefficient (Wildman–Crippen LogP) is 3.43. The highest BCUT2D eigenvalue weighted by atomic mass is 15.1. The summed E-state index contributed by atoms with van der Waals surface area (Å²) in [4.78, 5) is 6.45. The van der Waals surface area contributed by atoms with Crippen molar-refractivity contribution >= 4 is 5.71 Å². The Kier molecular flexibility index (Phi) is 5.15. The molecule has 146 valence electrons. The smallest absolute Gasteiger partial charge is 0.189 e. The van der Waals surface area contributed by atoms with Gasteiger partial charge < -0.3 is 5.41 Å². The van der Waals surface area contributed by atoms with Gasteiger partial charge >= 0.3 is 0 Å². The van der Waals surface area contributed by atoms with E-state index in [-0.39, 0.29) is 11.6 Å². The van der Waals surface area contributed by atoms with Crippen LogP contribution in [-0.4, -0.2) is 28.7 Å².